The third-order valence-electron chi connectivity index (χ3n) is 10.7. The van der Waals surface area contributed by atoms with E-state index in [1.165, 1.54) is 4.90 Å². The molecule has 0 unspecified atom stereocenters. The van der Waals surface area contributed by atoms with E-state index >= 15 is 0 Å². The summed E-state index contributed by atoms with van der Waals surface area (Å²) in [5.74, 6) is -0.779. The summed E-state index contributed by atoms with van der Waals surface area (Å²) in [5.41, 5.74) is 11.6. The van der Waals surface area contributed by atoms with Crippen LogP contribution in [-0.2, 0) is 43.4 Å². The number of likely N-dealkylation sites (tertiary alicyclic amines) is 1. The molecule has 0 spiro atoms. The maximum atomic E-state index is 14.1. The molecule has 1 saturated heterocycles. The van der Waals surface area contributed by atoms with E-state index in [9.17, 15) is 24.3 Å². The van der Waals surface area contributed by atoms with Gasteiger partial charge in [-0.15, -0.1) is 11.3 Å². The number of ketones is 1. The smallest absolute Gasteiger partial charge is 0.246 e. The van der Waals surface area contributed by atoms with Gasteiger partial charge >= 0.3 is 0 Å². The van der Waals surface area contributed by atoms with Crippen LogP contribution in [0.5, 0.6) is 0 Å². The standard InChI is InChI=1S/C44H56N4O6S/c1-27(7-19-39(45)51)29(3)54-25-32-11-17-34-21-31(10-16-35(34)22-32)13-20-40(52)47-42(44(4,5)6)43(53)48-24-36(49)23-37(48)38(50)18-12-30-8-14-33(15-9-30)41-28(2)46-26-55-41/h8-11,14-17,21-22,26-27,29,36-37,42,49H,7,12-13,18-20,23-25H2,1-6H3,(H2,45,51)(H,47,52)/t27-,29+,36-,37+,42-/m0/s1. The molecule has 55 heavy (non-hydrogen) atoms. The lowest BCUT2D eigenvalue weighted by molar-refractivity contribution is -0.143. The summed E-state index contributed by atoms with van der Waals surface area (Å²) >= 11 is 1.60. The maximum Gasteiger partial charge on any atom is 0.246 e. The largest absolute Gasteiger partial charge is 0.391 e. The summed E-state index contributed by atoms with van der Waals surface area (Å²) in [4.78, 5) is 59.1. The SMILES string of the molecule is Cc1ncsc1-c1ccc(CCC(=O)[C@H]2C[C@H](O)CN2C(=O)[C@H](NC(=O)CCc2ccc3cc(CO[C@H](C)[C@@H](C)CCC(N)=O)ccc3c2)C(C)(C)C)cc1. The number of amides is 3. The molecule has 0 saturated carbocycles. The van der Waals surface area contributed by atoms with Crippen molar-refractivity contribution in [3.05, 3.63) is 88.6 Å². The fraction of sp³-hybridized carbons (Fsp3) is 0.477. The number of hydrogen-bond acceptors (Lipinski definition) is 8. The van der Waals surface area contributed by atoms with E-state index in [0.717, 1.165) is 43.6 Å². The first-order valence-electron chi connectivity index (χ1n) is 19.3. The van der Waals surface area contributed by atoms with E-state index in [1.807, 2.05) is 82.6 Å². The van der Waals surface area contributed by atoms with E-state index in [2.05, 4.69) is 35.4 Å². The van der Waals surface area contributed by atoms with Crippen molar-refractivity contribution in [1.29, 1.82) is 0 Å². The summed E-state index contributed by atoms with van der Waals surface area (Å²) in [6.45, 7) is 12.3. The number of thiazole rings is 1. The van der Waals surface area contributed by atoms with Crippen LogP contribution in [0.1, 0.15) is 89.1 Å². The second-order valence-electron chi connectivity index (χ2n) is 16.2. The topological polar surface area (TPSA) is 152 Å². The van der Waals surface area contributed by atoms with Crippen LogP contribution in [0, 0.1) is 18.3 Å². The Balaban J connectivity index is 1.15. The van der Waals surface area contributed by atoms with Crippen LogP contribution in [0.25, 0.3) is 21.2 Å². The summed E-state index contributed by atoms with van der Waals surface area (Å²) in [5, 5.41) is 15.7. The molecule has 1 aliphatic rings. The highest BCUT2D eigenvalue weighted by Crippen LogP contribution is 2.30. The van der Waals surface area contributed by atoms with Gasteiger partial charge in [-0.3, -0.25) is 19.2 Å². The molecule has 3 aromatic carbocycles. The van der Waals surface area contributed by atoms with Gasteiger partial charge < -0.3 is 25.8 Å². The maximum absolute atomic E-state index is 14.1. The normalized spacial score (nSPS) is 17.5. The van der Waals surface area contributed by atoms with Gasteiger partial charge in [-0.05, 0) is 83.5 Å². The predicted octanol–water partition coefficient (Wildman–Crippen LogP) is 6.71. The van der Waals surface area contributed by atoms with Crippen LogP contribution in [0.4, 0.5) is 0 Å². The molecule has 0 bridgehead atoms. The summed E-state index contributed by atoms with van der Waals surface area (Å²) in [7, 11) is 0. The number of carbonyl (C=O) groups excluding carboxylic acids is 4. The molecule has 1 fully saturated rings. The van der Waals surface area contributed by atoms with Gasteiger partial charge in [-0.1, -0.05) is 82.3 Å². The van der Waals surface area contributed by atoms with E-state index in [4.69, 9.17) is 10.5 Å². The first-order valence-corrected chi connectivity index (χ1v) is 20.2. The zero-order valence-electron chi connectivity index (χ0n) is 33.0. The average Bonchev–Trinajstić information content (AvgIpc) is 3.77. The number of nitrogens with zero attached hydrogens (tertiary/aromatic N) is 2. The minimum atomic E-state index is -0.866. The highest BCUT2D eigenvalue weighted by atomic mass is 32.1. The van der Waals surface area contributed by atoms with Crippen LogP contribution >= 0.6 is 11.3 Å². The number of Topliss-reactive ketones (excluding diaryl/α,β-unsaturated/α-hetero) is 1. The second-order valence-corrected chi connectivity index (χ2v) is 17.1. The molecule has 3 amide bonds. The van der Waals surface area contributed by atoms with E-state index in [0.29, 0.717) is 32.3 Å². The second kappa shape index (κ2) is 18.5. The first-order chi connectivity index (χ1) is 26.1. The van der Waals surface area contributed by atoms with Gasteiger partial charge in [-0.25, -0.2) is 4.98 Å². The molecule has 1 aliphatic heterocycles. The van der Waals surface area contributed by atoms with Crippen LogP contribution < -0.4 is 11.1 Å². The van der Waals surface area contributed by atoms with Gasteiger partial charge in [0, 0.05) is 32.2 Å². The van der Waals surface area contributed by atoms with Crippen LogP contribution in [0.3, 0.4) is 0 Å². The Morgan fingerprint density at radius 1 is 0.945 bits per heavy atom. The lowest BCUT2D eigenvalue weighted by Crippen LogP contribution is -2.56. The number of aryl methyl sites for hydroxylation is 3. The number of primary amides is 1. The Bertz CT molecular complexity index is 1970. The van der Waals surface area contributed by atoms with Gasteiger partial charge in [0.1, 0.15) is 6.04 Å². The Kier molecular flexibility index (Phi) is 14.0. The van der Waals surface area contributed by atoms with Crippen LogP contribution in [0.15, 0.2) is 66.2 Å². The number of benzene rings is 3. The average molecular weight is 769 g/mol. The fourth-order valence-corrected chi connectivity index (χ4v) is 7.90. The molecule has 5 atom stereocenters. The number of nitrogens with one attached hydrogen (secondary N) is 1. The third-order valence-corrected chi connectivity index (χ3v) is 11.7. The van der Waals surface area contributed by atoms with Crippen LogP contribution in [0.2, 0.25) is 0 Å². The van der Waals surface area contributed by atoms with Crippen LogP contribution in [-0.4, -0.2) is 69.3 Å². The quantitative estimate of drug-likeness (QED) is 0.108. The number of rotatable bonds is 17. The van der Waals surface area contributed by atoms with Gasteiger partial charge in [-0.2, -0.15) is 0 Å². The zero-order chi connectivity index (χ0) is 39.9. The van der Waals surface area contributed by atoms with Gasteiger partial charge in [0.05, 0.1) is 40.9 Å². The van der Waals surface area contributed by atoms with E-state index in [-0.39, 0.29) is 61.3 Å². The van der Waals surface area contributed by atoms with Crippen molar-refractivity contribution in [2.24, 2.45) is 17.1 Å². The predicted molar refractivity (Wildman–Crippen MR) is 217 cm³/mol. The molecule has 11 heteroatoms. The minimum absolute atomic E-state index is 0.0122. The van der Waals surface area contributed by atoms with Crippen molar-refractivity contribution in [3.8, 4) is 10.4 Å². The number of hydrogen-bond donors (Lipinski definition) is 3. The summed E-state index contributed by atoms with van der Waals surface area (Å²) in [6, 6.07) is 18.8. The van der Waals surface area contributed by atoms with Gasteiger partial charge in [0.2, 0.25) is 17.7 Å². The Hall–Kier alpha value is -4.45. The number of nitrogens with two attached hydrogens (primary N) is 1. The molecule has 10 nitrogen and oxygen atoms in total. The third kappa shape index (κ3) is 11.3. The minimum Gasteiger partial charge on any atom is -0.391 e. The molecule has 4 aromatic rings. The summed E-state index contributed by atoms with van der Waals surface area (Å²) in [6.07, 6.45) is 1.86. The molecule has 294 valence electrons. The molecule has 0 radical (unpaired) electrons. The lowest BCUT2D eigenvalue weighted by Gasteiger charge is -2.35. The van der Waals surface area contributed by atoms with Crippen molar-refractivity contribution in [1.82, 2.24) is 15.2 Å². The number of aromatic nitrogens is 1. The molecular formula is C44H56N4O6S. The molecule has 0 aliphatic carbocycles. The monoisotopic (exact) mass is 768 g/mol. The Morgan fingerprint density at radius 2 is 1.58 bits per heavy atom. The number of β-amino-alcohol motifs (C(OH)–C–C–N with tert-alkyl or cyclic N) is 1. The molecule has 1 aromatic heterocycles. The number of ether oxygens (including phenoxy) is 1. The first kappa shape index (κ1) is 41.7. The highest BCUT2D eigenvalue weighted by molar-refractivity contribution is 7.13. The highest BCUT2D eigenvalue weighted by Gasteiger charge is 2.44. The van der Waals surface area contributed by atoms with Crippen molar-refractivity contribution >= 4 is 45.6 Å². The van der Waals surface area contributed by atoms with Gasteiger partial charge in [0.25, 0.3) is 0 Å². The van der Waals surface area contributed by atoms with Crippen molar-refractivity contribution in [3.63, 3.8) is 0 Å². The van der Waals surface area contributed by atoms with E-state index in [1.54, 1.807) is 11.3 Å². The number of aliphatic hydroxyl groups is 1. The van der Waals surface area contributed by atoms with Crippen molar-refractivity contribution in [2.45, 2.75) is 117 Å². The molecule has 2 heterocycles. The van der Waals surface area contributed by atoms with Gasteiger partial charge in [0.15, 0.2) is 5.78 Å². The Morgan fingerprint density at radius 3 is 2.22 bits per heavy atom. The molecule has 4 N–H and O–H groups in total. The Labute approximate surface area is 328 Å². The number of fused-ring (bicyclic) bond motifs is 1. The number of carbonyl (C=O) groups is 4. The molecule has 5 rings (SSSR count). The number of aliphatic hydroxyl groups excluding tert-OH is 1. The molecular weight excluding hydrogens is 713 g/mol. The van der Waals surface area contributed by atoms with E-state index < -0.39 is 23.6 Å². The fourth-order valence-electron chi connectivity index (χ4n) is 7.09. The van der Waals surface area contributed by atoms with Crippen molar-refractivity contribution < 1.29 is 29.0 Å². The lowest BCUT2D eigenvalue weighted by atomic mass is 9.85. The van der Waals surface area contributed by atoms with Crippen molar-refractivity contribution in [2.75, 3.05) is 6.54 Å². The zero-order valence-corrected chi connectivity index (χ0v) is 33.8. The summed E-state index contributed by atoms with van der Waals surface area (Å²) < 4.78 is 6.08.